The van der Waals surface area contributed by atoms with Gasteiger partial charge in [0.25, 0.3) is 0 Å². The Morgan fingerprint density at radius 2 is 1.81 bits per heavy atom. The zero-order chi connectivity index (χ0) is 18.5. The van der Waals surface area contributed by atoms with Crippen LogP contribution in [0.2, 0.25) is 0 Å². The average molecular weight is 416 g/mol. The molecule has 0 spiro atoms. The number of likely N-dealkylation sites (tertiary alicyclic amines) is 1. The van der Waals surface area contributed by atoms with Gasteiger partial charge in [0.05, 0.1) is 11.0 Å². The number of amides is 2. The maximum atomic E-state index is 12.9. The van der Waals surface area contributed by atoms with Gasteiger partial charge in [0, 0.05) is 18.8 Å². The number of fused-ring (bicyclic) bond motifs is 1. The van der Waals surface area contributed by atoms with E-state index in [-0.39, 0.29) is 41.0 Å². The van der Waals surface area contributed by atoms with Gasteiger partial charge in [-0.05, 0) is 69.0 Å². The zero-order valence-electron chi connectivity index (χ0n) is 15.4. The van der Waals surface area contributed by atoms with Crippen LogP contribution >= 0.6 is 24.2 Å². The Morgan fingerprint density at radius 1 is 1.22 bits per heavy atom. The highest BCUT2D eigenvalue weighted by Gasteiger charge is 2.32. The van der Waals surface area contributed by atoms with Crippen LogP contribution in [0.25, 0.3) is 0 Å². The smallest absolute Gasteiger partial charge is 0.235 e. The first-order chi connectivity index (χ1) is 12.5. The van der Waals surface area contributed by atoms with Crippen LogP contribution in [0.5, 0.6) is 0 Å². The lowest BCUT2D eigenvalue weighted by Crippen LogP contribution is -2.38. The molecule has 2 aliphatic heterocycles. The van der Waals surface area contributed by atoms with E-state index in [0.29, 0.717) is 17.5 Å². The Labute approximate surface area is 170 Å². The normalized spacial score (nSPS) is 23.0. The minimum Gasteiger partial charge on any atom is -0.342 e. The fourth-order valence-corrected chi connectivity index (χ4v) is 4.46. The molecule has 2 saturated heterocycles. The number of thioether (sulfide) groups is 1. The predicted molar refractivity (Wildman–Crippen MR) is 110 cm³/mol. The molecular weight excluding hydrogens is 389 g/mol. The molecule has 3 atom stereocenters. The lowest BCUT2D eigenvalue weighted by molar-refractivity contribution is -0.130. The molecular formula is C19H27ClFN3O2S. The molecule has 3 rings (SSSR count). The largest absolute Gasteiger partial charge is 0.342 e. The van der Waals surface area contributed by atoms with Gasteiger partial charge in [-0.2, -0.15) is 0 Å². The molecule has 0 aliphatic carbocycles. The second-order valence-electron chi connectivity index (χ2n) is 7.09. The maximum absolute atomic E-state index is 12.9. The summed E-state index contributed by atoms with van der Waals surface area (Å²) in [6, 6.07) is 5.66. The number of nitrogens with zero attached hydrogens (tertiary/aromatic N) is 1. The van der Waals surface area contributed by atoms with Gasteiger partial charge in [0.2, 0.25) is 11.8 Å². The number of carbonyl (C=O) groups is 2. The number of carbonyl (C=O) groups excluding carboxylic acids is 2. The average Bonchev–Trinajstić information content (AvgIpc) is 2.99. The van der Waals surface area contributed by atoms with Crippen LogP contribution in [0.3, 0.4) is 0 Å². The topological polar surface area (TPSA) is 61.4 Å². The van der Waals surface area contributed by atoms with E-state index in [0.717, 1.165) is 39.0 Å². The minimum atomic E-state index is -0.339. The van der Waals surface area contributed by atoms with Gasteiger partial charge in [-0.15, -0.1) is 24.2 Å². The van der Waals surface area contributed by atoms with Crippen LogP contribution in [0, 0.1) is 17.7 Å². The highest BCUT2D eigenvalue weighted by molar-refractivity contribution is 8.01. The van der Waals surface area contributed by atoms with Crippen LogP contribution < -0.4 is 10.6 Å². The summed E-state index contributed by atoms with van der Waals surface area (Å²) in [7, 11) is 0. The van der Waals surface area contributed by atoms with Crippen molar-refractivity contribution in [1.82, 2.24) is 10.2 Å². The molecule has 2 amide bonds. The fraction of sp³-hybridized carbons (Fsp3) is 0.579. The molecule has 1 aromatic carbocycles. The van der Waals surface area contributed by atoms with E-state index in [1.807, 2.05) is 11.8 Å². The monoisotopic (exact) mass is 415 g/mol. The lowest BCUT2D eigenvalue weighted by Gasteiger charge is -2.24. The summed E-state index contributed by atoms with van der Waals surface area (Å²) in [5.41, 5.74) is 0.559. The van der Waals surface area contributed by atoms with Crippen molar-refractivity contribution in [1.29, 1.82) is 0 Å². The summed E-state index contributed by atoms with van der Waals surface area (Å²) in [6.07, 6.45) is 2.12. The van der Waals surface area contributed by atoms with Gasteiger partial charge in [0.1, 0.15) is 5.82 Å². The third-order valence-electron chi connectivity index (χ3n) is 5.27. The molecule has 0 bridgehead atoms. The number of nitrogens with one attached hydrogen (secondary N) is 2. The van der Waals surface area contributed by atoms with Crippen molar-refractivity contribution in [3.05, 3.63) is 30.1 Å². The van der Waals surface area contributed by atoms with Gasteiger partial charge in [-0.3, -0.25) is 9.59 Å². The van der Waals surface area contributed by atoms with Gasteiger partial charge >= 0.3 is 0 Å². The first-order valence-electron chi connectivity index (χ1n) is 9.19. The number of anilines is 1. The third-order valence-corrected chi connectivity index (χ3v) is 6.40. The number of hydrogen-bond donors (Lipinski definition) is 2. The van der Waals surface area contributed by atoms with E-state index in [9.17, 15) is 14.0 Å². The standard InChI is InChI=1S/C19H26FN3O2S.ClH/c1-13(26-12-18(24)22-17-4-2-16(20)3-5-17)19(25)23-8-6-14-10-21-11-15(14)7-9-23;/h2-5,13-15,21H,6-12H2,1H3,(H,22,24);1H/t13?,14-,15+;. The number of benzene rings is 1. The van der Waals surface area contributed by atoms with Crippen molar-refractivity contribution in [2.75, 3.05) is 37.2 Å². The van der Waals surface area contributed by atoms with E-state index in [4.69, 9.17) is 0 Å². The van der Waals surface area contributed by atoms with Gasteiger partial charge in [-0.1, -0.05) is 0 Å². The molecule has 27 heavy (non-hydrogen) atoms. The Kier molecular flexibility index (Phi) is 8.38. The van der Waals surface area contributed by atoms with E-state index < -0.39 is 0 Å². The highest BCUT2D eigenvalue weighted by Crippen LogP contribution is 2.28. The Balaban J connectivity index is 0.00000261. The van der Waals surface area contributed by atoms with Crippen LogP contribution in [-0.2, 0) is 9.59 Å². The highest BCUT2D eigenvalue weighted by atomic mass is 35.5. The molecule has 8 heteroatoms. The second kappa shape index (κ2) is 10.3. The molecule has 0 saturated carbocycles. The Hall–Kier alpha value is -1.31. The van der Waals surface area contributed by atoms with Crippen molar-refractivity contribution in [2.45, 2.75) is 25.0 Å². The fourth-order valence-electron chi connectivity index (χ4n) is 3.70. The molecule has 0 radical (unpaired) electrons. The third kappa shape index (κ3) is 6.09. The molecule has 1 aromatic rings. The number of rotatable bonds is 5. The van der Waals surface area contributed by atoms with E-state index in [1.54, 1.807) is 0 Å². The van der Waals surface area contributed by atoms with E-state index in [1.165, 1.54) is 36.0 Å². The molecule has 150 valence electrons. The Morgan fingerprint density at radius 3 is 2.41 bits per heavy atom. The number of halogens is 2. The zero-order valence-corrected chi connectivity index (χ0v) is 17.1. The molecule has 2 heterocycles. The van der Waals surface area contributed by atoms with Crippen molar-refractivity contribution < 1.29 is 14.0 Å². The summed E-state index contributed by atoms with van der Waals surface area (Å²) < 4.78 is 12.9. The quantitative estimate of drug-likeness (QED) is 0.776. The molecule has 1 unspecified atom stereocenters. The van der Waals surface area contributed by atoms with Crippen LogP contribution in [0.4, 0.5) is 10.1 Å². The van der Waals surface area contributed by atoms with Crippen molar-refractivity contribution >= 4 is 41.7 Å². The van der Waals surface area contributed by atoms with Gasteiger partial charge in [0.15, 0.2) is 0 Å². The molecule has 5 nitrogen and oxygen atoms in total. The summed E-state index contributed by atoms with van der Waals surface area (Å²) in [6.45, 7) is 5.63. The number of hydrogen-bond acceptors (Lipinski definition) is 4. The summed E-state index contributed by atoms with van der Waals surface area (Å²) >= 11 is 1.35. The SMILES string of the molecule is CC(SCC(=O)Nc1ccc(F)cc1)C(=O)N1CC[C@@H]2CNC[C@@H]2CC1.Cl. The van der Waals surface area contributed by atoms with Crippen LogP contribution in [0.15, 0.2) is 24.3 Å². The van der Waals surface area contributed by atoms with Crippen LogP contribution in [-0.4, -0.2) is 53.9 Å². The summed E-state index contributed by atoms with van der Waals surface area (Å²) in [5.74, 6) is 1.19. The van der Waals surface area contributed by atoms with E-state index in [2.05, 4.69) is 10.6 Å². The van der Waals surface area contributed by atoms with Crippen LogP contribution in [0.1, 0.15) is 19.8 Å². The first kappa shape index (κ1) is 22.0. The second-order valence-corrected chi connectivity index (χ2v) is 8.42. The van der Waals surface area contributed by atoms with Gasteiger partial charge in [-0.25, -0.2) is 4.39 Å². The molecule has 0 aromatic heterocycles. The molecule has 2 aliphatic rings. The summed E-state index contributed by atoms with van der Waals surface area (Å²) in [5, 5.41) is 5.92. The minimum absolute atomic E-state index is 0. The van der Waals surface area contributed by atoms with Crippen molar-refractivity contribution in [3.63, 3.8) is 0 Å². The predicted octanol–water partition coefficient (Wildman–Crippen LogP) is 2.77. The van der Waals surface area contributed by atoms with Crippen molar-refractivity contribution in [3.8, 4) is 0 Å². The molecule has 2 N–H and O–H groups in total. The maximum Gasteiger partial charge on any atom is 0.235 e. The summed E-state index contributed by atoms with van der Waals surface area (Å²) in [4.78, 5) is 26.7. The van der Waals surface area contributed by atoms with Gasteiger partial charge < -0.3 is 15.5 Å². The van der Waals surface area contributed by atoms with Crippen molar-refractivity contribution in [2.24, 2.45) is 11.8 Å². The lowest BCUT2D eigenvalue weighted by atomic mass is 9.92. The van der Waals surface area contributed by atoms with E-state index >= 15 is 0 Å². The molecule has 2 fully saturated rings. The Bertz CT molecular complexity index is 632. The first-order valence-corrected chi connectivity index (χ1v) is 10.2.